The van der Waals surface area contributed by atoms with Gasteiger partial charge in [0.2, 0.25) is 5.91 Å². The molecule has 2 amide bonds. The maximum Gasteiger partial charge on any atom is 0.251 e. The zero-order valence-corrected chi connectivity index (χ0v) is 11.9. The fourth-order valence-electron chi connectivity index (χ4n) is 1.97. The third kappa shape index (κ3) is 3.78. The van der Waals surface area contributed by atoms with Crippen LogP contribution in [0, 0.1) is 0 Å². The summed E-state index contributed by atoms with van der Waals surface area (Å²) in [7, 11) is 0. The minimum atomic E-state index is -0.440. The number of nitrogens with one attached hydrogen (secondary N) is 1. The van der Waals surface area contributed by atoms with E-state index in [4.69, 9.17) is 0 Å². The van der Waals surface area contributed by atoms with Gasteiger partial charge in [0, 0.05) is 23.1 Å². The zero-order valence-electron chi connectivity index (χ0n) is 10.3. The number of benzene rings is 1. The van der Waals surface area contributed by atoms with Crippen molar-refractivity contribution in [1.82, 2.24) is 10.2 Å². The fourth-order valence-corrected chi connectivity index (χ4v) is 2.37. The molecule has 0 bridgehead atoms. The Balaban J connectivity index is 1.85. The standard InChI is InChI=1S/C13H15BrN2O3/c14-10-3-1-2-9(6-10)13(19)15-7-12(18)16-5-4-11(17)8-16/h1-3,6,11,17H,4-5,7-8H2,(H,15,19). The lowest BCUT2D eigenvalue weighted by Gasteiger charge is -2.15. The number of hydrogen-bond donors (Lipinski definition) is 2. The molecule has 1 fully saturated rings. The van der Waals surface area contributed by atoms with Gasteiger partial charge in [0.05, 0.1) is 12.6 Å². The van der Waals surface area contributed by atoms with Gasteiger partial charge in [-0.15, -0.1) is 0 Å². The molecule has 6 heteroatoms. The van der Waals surface area contributed by atoms with Crippen molar-refractivity contribution < 1.29 is 14.7 Å². The van der Waals surface area contributed by atoms with Crippen LogP contribution >= 0.6 is 15.9 Å². The summed E-state index contributed by atoms with van der Waals surface area (Å²) in [5.41, 5.74) is 0.503. The van der Waals surface area contributed by atoms with E-state index >= 15 is 0 Å². The third-order valence-electron chi connectivity index (χ3n) is 3.00. The molecular weight excluding hydrogens is 312 g/mol. The lowest BCUT2D eigenvalue weighted by molar-refractivity contribution is -0.129. The molecule has 1 unspecified atom stereocenters. The van der Waals surface area contributed by atoms with Crippen molar-refractivity contribution in [3.8, 4) is 0 Å². The van der Waals surface area contributed by atoms with Gasteiger partial charge in [-0.2, -0.15) is 0 Å². The molecule has 1 atom stereocenters. The molecule has 0 saturated carbocycles. The fraction of sp³-hybridized carbons (Fsp3) is 0.385. The van der Waals surface area contributed by atoms with Crippen molar-refractivity contribution in [1.29, 1.82) is 0 Å². The van der Waals surface area contributed by atoms with E-state index in [0.29, 0.717) is 25.1 Å². The monoisotopic (exact) mass is 326 g/mol. The van der Waals surface area contributed by atoms with E-state index in [1.54, 1.807) is 23.1 Å². The normalized spacial score (nSPS) is 18.4. The molecule has 0 radical (unpaired) electrons. The van der Waals surface area contributed by atoms with E-state index in [9.17, 15) is 14.7 Å². The molecule has 1 aliphatic rings. The summed E-state index contributed by atoms with van der Waals surface area (Å²) >= 11 is 3.29. The molecule has 5 nitrogen and oxygen atoms in total. The summed E-state index contributed by atoms with van der Waals surface area (Å²) in [4.78, 5) is 25.2. The Kier molecular flexibility index (Phi) is 4.55. The summed E-state index contributed by atoms with van der Waals surface area (Å²) < 4.78 is 0.814. The zero-order chi connectivity index (χ0) is 13.8. The first-order valence-electron chi connectivity index (χ1n) is 6.06. The maximum absolute atomic E-state index is 11.8. The van der Waals surface area contributed by atoms with Gasteiger partial charge in [-0.25, -0.2) is 0 Å². The Morgan fingerprint density at radius 3 is 2.89 bits per heavy atom. The molecule has 1 aromatic rings. The number of carbonyl (C=O) groups is 2. The number of halogens is 1. The predicted molar refractivity (Wildman–Crippen MR) is 73.7 cm³/mol. The average molecular weight is 327 g/mol. The van der Waals surface area contributed by atoms with Crippen LogP contribution in [0.1, 0.15) is 16.8 Å². The van der Waals surface area contributed by atoms with E-state index in [0.717, 1.165) is 4.47 Å². The first kappa shape index (κ1) is 14.0. The van der Waals surface area contributed by atoms with Gasteiger partial charge < -0.3 is 15.3 Å². The molecule has 0 aromatic heterocycles. The number of nitrogens with zero attached hydrogens (tertiary/aromatic N) is 1. The SMILES string of the molecule is O=C(NCC(=O)N1CCC(O)C1)c1cccc(Br)c1. The molecule has 1 saturated heterocycles. The first-order chi connectivity index (χ1) is 9.06. The minimum absolute atomic E-state index is 0.0436. The van der Waals surface area contributed by atoms with E-state index < -0.39 is 6.10 Å². The summed E-state index contributed by atoms with van der Waals surface area (Å²) in [6.07, 6.45) is 0.162. The van der Waals surface area contributed by atoms with Crippen molar-refractivity contribution in [3.63, 3.8) is 0 Å². The van der Waals surface area contributed by atoms with Crippen LogP contribution in [-0.4, -0.2) is 47.6 Å². The van der Waals surface area contributed by atoms with Gasteiger partial charge in [0.1, 0.15) is 0 Å². The van der Waals surface area contributed by atoms with Crippen molar-refractivity contribution in [2.75, 3.05) is 19.6 Å². The minimum Gasteiger partial charge on any atom is -0.391 e. The van der Waals surface area contributed by atoms with Crippen LogP contribution in [0.25, 0.3) is 0 Å². The number of amides is 2. The summed E-state index contributed by atoms with van der Waals surface area (Å²) in [6, 6.07) is 6.97. The largest absolute Gasteiger partial charge is 0.391 e. The van der Waals surface area contributed by atoms with Gasteiger partial charge in [0.15, 0.2) is 0 Å². The third-order valence-corrected chi connectivity index (χ3v) is 3.50. The van der Waals surface area contributed by atoms with Gasteiger partial charge in [-0.1, -0.05) is 22.0 Å². The van der Waals surface area contributed by atoms with Gasteiger partial charge in [-0.05, 0) is 24.6 Å². The molecule has 2 rings (SSSR count). The molecule has 19 heavy (non-hydrogen) atoms. The number of β-amino-alcohol motifs (C(OH)–C–C–N with tert-alkyl or cyclic N) is 1. The Morgan fingerprint density at radius 1 is 1.47 bits per heavy atom. The van der Waals surface area contributed by atoms with Gasteiger partial charge >= 0.3 is 0 Å². The molecule has 2 N–H and O–H groups in total. The Bertz CT molecular complexity index is 493. The number of carbonyl (C=O) groups excluding carboxylic acids is 2. The van der Waals surface area contributed by atoms with Gasteiger partial charge in [-0.3, -0.25) is 9.59 Å². The number of hydrogen-bond acceptors (Lipinski definition) is 3. The quantitative estimate of drug-likeness (QED) is 0.862. The molecule has 1 heterocycles. The van der Waals surface area contributed by atoms with Crippen LogP contribution in [0.5, 0.6) is 0 Å². The molecule has 1 aromatic carbocycles. The molecule has 102 valence electrons. The smallest absolute Gasteiger partial charge is 0.251 e. The van der Waals surface area contributed by atoms with E-state index in [2.05, 4.69) is 21.2 Å². The molecule has 0 spiro atoms. The second kappa shape index (κ2) is 6.16. The van der Waals surface area contributed by atoms with E-state index in [1.807, 2.05) is 6.07 Å². The molecule has 0 aliphatic carbocycles. The Labute approximate surface area is 119 Å². The van der Waals surface area contributed by atoms with E-state index in [1.165, 1.54) is 0 Å². The number of aliphatic hydroxyl groups excluding tert-OH is 1. The van der Waals surface area contributed by atoms with Crippen LogP contribution in [0.3, 0.4) is 0 Å². The first-order valence-corrected chi connectivity index (χ1v) is 6.85. The van der Waals surface area contributed by atoms with Crippen molar-refractivity contribution in [3.05, 3.63) is 34.3 Å². The van der Waals surface area contributed by atoms with Crippen LogP contribution in [0.4, 0.5) is 0 Å². The van der Waals surface area contributed by atoms with Crippen molar-refractivity contribution in [2.24, 2.45) is 0 Å². The lowest BCUT2D eigenvalue weighted by Crippen LogP contribution is -2.39. The van der Waals surface area contributed by atoms with Crippen LogP contribution < -0.4 is 5.32 Å². The number of likely N-dealkylation sites (tertiary alicyclic amines) is 1. The Morgan fingerprint density at radius 2 is 2.26 bits per heavy atom. The van der Waals surface area contributed by atoms with Crippen molar-refractivity contribution >= 4 is 27.7 Å². The number of rotatable bonds is 3. The highest BCUT2D eigenvalue weighted by molar-refractivity contribution is 9.10. The van der Waals surface area contributed by atoms with Crippen LogP contribution in [0.2, 0.25) is 0 Å². The summed E-state index contributed by atoms with van der Waals surface area (Å²) in [6.45, 7) is 0.858. The average Bonchev–Trinajstić information content (AvgIpc) is 2.82. The number of aliphatic hydroxyl groups is 1. The summed E-state index contributed by atoms with van der Waals surface area (Å²) in [5.74, 6) is -0.450. The highest BCUT2D eigenvalue weighted by atomic mass is 79.9. The topological polar surface area (TPSA) is 69.6 Å². The second-order valence-electron chi connectivity index (χ2n) is 4.48. The highest BCUT2D eigenvalue weighted by Crippen LogP contribution is 2.11. The Hall–Kier alpha value is -1.40. The molecular formula is C13H15BrN2O3. The molecule has 1 aliphatic heterocycles. The van der Waals surface area contributed by atoms with Crippen molar-refractivity contribution in [2.45, 2.75) is 12.5 Å². The maximum atomic E-state index is 11.8. The highest BCUT2D eigenvalue weighted by Gasteiger charge is 2.24. The van der Waals surface area contributed by atoms with Crippen LogP contribution in [-0.2, 0) is 4.79 Å². The van der Waals surface area contributed by atoms with Crippen LogP contribution in [0.15, 0.2) is 28.7 Å². The van der Waals surface area contributed by atoms with Gasteiger partial charge in [0.25, 0.3) is 5.91 Å². The second-order valence-corrected chi connectivity index (χ2v) is 5.39. The predicted octanol–water partition coefficient (Wildman–Crippen LogP) is 0.772. The lowest BCUT2D eigenvalue weighted by atomic mass is 10.2. The van der Waals surface area contributed by atoms with E-state index in [-0.39, 0.29) is 18.4 Å². The summed E-state index contributed by atoms with van der Waals surface area (Å²) in [5, 5.41) is 11.9.